The fraction of sp³-hybridized carbons (Fsp3) is 0.923. The predicted octanol–water partition coefficient (Wildman–Crippen LogP) is 1.35. The van der Waals surface area contributed by atoms with E-state index in [2.05, 4.69) is 6.42 Å². The Balaban J connectivity index is 0.000000853. The molecule has 1 atom stereocenters. The molecule has 3 rings (SSSR count). The predicted molar refractivity (Wildman–Crippen MR) is 62.9 cm³/mol. The van der Waals surface area contributed by atoms with Gasteiger partial charge in [0.2, 0.25) is 0 Å². The maximum absolute atomic E-state index is 2.67. The summed E-state index contributed by atoms with van der Waals surface area (Å²) in [4.78, 5) is 0. The standard InChI is InChI=1S/C13H22B.Na/c1-2-6-11(5-1)14-12-7-3-8-13(14)10-4-9-12;/h5,11-13H,1-4,6-10H2;/q-1;+1. The van der Waals surface area contributed by atoms with Crippen LogP contribution in [0.3, 0.4) is 0 Å². The first-order valence-electron chi connectivity index (χ1n) is 6.78. The second-order valence-electron chi connectivity index (χ2n) is 5.79. The van der Waals surface area contributed by atoms with E-state index in [0.29, 0.717) is 0 Å². The molecule has 1 saturated carbocycles. The summed E-state index contributed by atoms with van der Waals surface area (Å²) in [5, 5.41) is 0. The van der Waals surface area contributed by atoms with Gasteiger partial charge in [-0.3, -0.25) is 0 Å². The SMILES string of the molecule is [CH-]1CCCC1B1C2CCCC1CCC2.[Na+]. The zero-order valence-corrected chi connectivity index (χ0v) is 12.3. The quantitative estimate of drug-likeness (QED) is 0.454. The van der Waals surface area contributed by atoms with Crippen LogP contribution in [-0.2, 0) is 0 Å². The molecule has 0 aromatic carbocycles. The molecule has 1 aliphatic carbocycles. The average Bonchev–Trinajstić information content (AvgIpc) is 2.69. The van der Waals surface area contributed by atoms with Crippen LogP contribution in [0.2, 0.25) is 17.5 Å². The van der Waals surface area contributed by atoms with E-state index < -0.39 is 0 Å². The van der Waals surface area contributed by atoms with E-state index in [-0.39, 0.29) is 29.6 Å². The number of hydrogen-bond donors (Lipinski definition) is 0. The van der Waals surface area contributed by atoms with E-state index in [4.69, 9.17) is 0 Å². The maximum atomic E-state index is 2.67. The van der Waals surface area contributed by atoms with Crippen molar-refractivity contribution in [2.45, 2.75) is 75.2 Å². The van der Waals surface area contributed by atoms with E-state index in [9.17, 15) is 0 Å². The summed E-state index contributed by atoms with van der Waals surface area (Å²) in [6, 6.07) is 0. The van der Waals surface area contributed by atoms with Crippen molar-refractivity contribution in [1.82, 2.24) is 0 Å². The molecule has 0 aromatic rings. The van der Waals surface area contributed by atoms with Gasteiger partial charge < -0.3 is 6.42 Å². The first-order chi connectivity index (χ1) is 6.95. The summed E-state index contributed by atoms with van der Waals surface area (Å²) in [5.74, 6) is 3.29. The van der Waals surface area contributed by atoms with Crippen LogP contribution in [0.25, 0.3) is 0 Å². The number of rotatable bonds is 1. The molecule has 1 unspecified atom stereocenters. The summed E-state index contributed by atoms with van der Waals surface area (Å²) in [6.07, 6.45) is 16.4. The monoisotopic (exact) mass is 212 g/mol. The van der Waals surface area contributed by atoms with Gasteiger partial charge in [-0.25, -0.2) is 0 Å². The minimum atomic E-state index is 0. The third kappa shape index (κ3) is 2.50. The van der Waals surface area contributed by atoms with Crippen LogP contribution in [0.1, 0.15) is 57.8 Å². The maximum Gasteiger partial charge on any atom is 1.00 e. The Morgan fingerprint density at radius 2 is 1.40 bits per heavy atom. The molecule has 2 saturated heterocycles. The molecule has 0 N–H and O–H groups in total. The van der Waals surface area contributed by atoms with Gasteiger partial charge >= 0.3 is 29.6 Å². The zero-order valence-electron chi connectivity index (χ0n) is 10.3. The van der Waals surface area contributed by atoms with Crippen molar-refractivity contribution in [3.63, 3.8) is 0 Å². The average molecular weight is 212 g/mol. The molecule has 0 spiro atoms. The van der Waals surface area contributed by atoms with Gasteiger partial charge in [-0.05, 0) is 0 Å². The van der Waals surface area contributed by atoms with Gasteiger partial charge in [0.05, 0.1) is 0 Å². The molecule has 15 heavy (non-hydrogen) atoms. The minimum absolute atomic E-state index is 0. The van der Waals surface area contributed by atoms with Gasteiger partial charge in [-0.15, -0.1) is 0 Å². The van der Waals surface area contributed by atoms with E-state index in [0.717, 1.165) is 24.2 Å². The Morgan fingerprint density at radius 1 is 0.800 bits per heavy atom. The smallest absolute Gasteiger partial charge is 0.332 e. The molecule has 2 bridgehead atoms. The molecule has 2 heteroatoms. The van der Waals surface area contributed by atoms with E-state index in [1.165, 1.54) is 19.3 Å². The van der Waals surface area contributed by atoms with Gasteiger partial charge in [0.15, 0.2) is 0 Å². The fourth-order valence-electron chi connectivity index (χ4n) is 4.58. The third-order valence-electron chi connectivity index (χ3n) is 5.09. The van der Waals surface area contributed by atoms with E-state index >= 15 is 0 Å². The topological polar surface area (TPSA) is 0 Å². The molecule has 3 aliphatic rings. The first-order valence-corrected chi connectivity index (χ1v) is 6.78. The van der Waals surface area contributed by atoms with Crippen LogP contribution in [0.5, 0.6) is 0 Å². The van der Waals surface area contributed by atoms with Crippen molar-refractivity contribution >= 4 is 6.71 Å². The molecular weight excluding hydrogens is 190 g/mol. The van der Waals surface area contributed by atoms with Gasteiger partial charge in [0.1, 0.15) is 6.71 Å². The third-order valence-corrected chi connectivity index (χ3v) is 5.09. The van der Waals surface area contributed by atoms with Crippen LogP contribution in [-0.4, -0.2) is 6.71 Å². The Kier molecular flexibility index (Phi) is 4.68. The van der Waals surface area contributed by atoms with Crippen molar-refractivity contribution in [3.8, 4) is 0 Å². The largest absolute Gasteiger partial charge is 1.00 e. The number of fused-ring (bicyclic) bond motifs is 2. The summed E-state index contributed by atoms with van der Waals surface area (Å²) in [7, 11) is 0. The van der Waals surface area contributed by atoms with Crippen molar-refractivity contribution < 1.29 is 29.6 Å². The van der Waals surface area contributed by atoms with Crippen LogP contribution in [0.4, 0.5) is 0 Å². The van der Waals surface area contributed by atoms with Crippen LogP contribution in [0, 0.1) is 6.42 Å². The normalized spacial score (nSPS) is 40.0. The molecule has 0 nitrogen and oxygen atoms in total. The molecule has 0 amide bonds. The van der Waals surface area contributed by atoms with Gasteiger partial charge in [-0.2, -0.15) is 12.2 Å². The van der Waals surface area contributed by atoms with Gasteiger partial charge in [0.25, 0.3) is 0 Å². The van der Waals surface area contributed by atoms with Crippen molar-refractivity contribution in [2.24, 2.45) is 0 Å². The van der Waals surface area contributed by atoms with Crippen LogP contribution >= 0.6 is 0 Å². The number of hydrogen-bond acceptors (Lipinski definition) is 0. The first kappa shape index (κ1) is 12.5. The summed E-state index contributed by atoms with van der Waals surface area (Å²) in [5.41, 5.74) is 0. The van der Waals surface area contributed by atoms with Crippen LogP contribution in [0.15, 0.2) is 0 Å². The molecule has 78 valence electrons. The summed E-state index contributed by atoms with van der Waals surface area (Å²) >= 11 is 0. The summed E-state index contributed by atoms with van der Waals surface area (Å²) in [6.45, 7) is 1.12. The Labute approximate surface area is 117 Å². The minimum Gasteiger partial charge on any atom is -0.332 e. The van der Waals surface area contributed by atoms with Crippen molar-refractivity contribution in [2.75, 3.05) is 0 Å². The second-order valence-corrected chi connectivity index (χ2v) is 5.79. The Hall–Kier alpha value is 1.06. The van der Waals surface area contributed by atoms with Crippen molar-refractivity contribution in [3.05, 3.63) is 6.42 Å². The Morgan fingerprint density at radius 3 is 1.87 bits per heavy atom. The van der Waals surface area contributed by atoms with Gasteiger partial charge in [0, 0.05) is 0 Å². The second kappa shape index (κ2) is 5.60. The molecule has 3 fully saturated rings. The molecular formula is C13H22BNa. The zero-order chi connectivity index (χ0) is 9.38. The van der Waals surface area contributed by atoms with E-state index in [1.807, 2.05) is 0 Å². The molecule has 0 radical (unpaired) electrons. The van der Waals surface area contributed by atoms with Crippen LogP contribution < -0.4 is 29.6 Å². The summed E-state index contributed by atoms with van der Waals surface area (Å²) < 4.78 is 0. The molecule has 2 heterocycles. The Bertz CT molecular complexity index is 176. The molecule has 2 aliphatic heterocycles. The fourth-order valence-corrected chi connectivity index (χ4v) is 4.58. The van der Waals surface area contributed by atoms with E-state index in [1.54, 1.807) is 38.5 Å². The van der Waals surface area contributed by atoms with Gasteiger partial charge in [-0.1, -0.05) is 63.0 Å². The molecule has 0 aromatic heterocycles. The van der Waals surface area contributed by atoms with Crippen molar-refractivity contribution in [1.29, 1.82) is 0 Å².